The van der Waals surface area contributed by atoms with Crippen molar-refractivity contribution in [3.05, 3.63) is 94.5 Å². The van der Waals surface area contributed by atoms with Crippen LogP contribution in [0.1, 0.15) is 34.7 Å². The molecule has 196 valence electrons. The summed E-state index contributed by atoms with van der Waals surface area (Å²) in [6.45, 7) is 4.17. The van der Waals surface area contributed by atoms with Gasteiger partial charge in [-0.3, -0.25) is 4.98 Å². The first kappa shape index (κ1) is 25.9. The van der Waals surface area contributed by atoms with Gasteiger partial charge in [-0.1, -0.05) is 17.7 Å². The van der Waals surface area contributed by atoms with Gasteiger partial charge in [-0.15, -0.1) is 0 Å². The van der Waals surface area contributed by atoms with Crippen LogP contribution in [-0.2, 0) is 0 Å². The summed E-state index contributed by atoms with van der Waals surface area (Å²) in [4.78, 5) is 6.78. The molecule has 1 saturated heterocycles. The van der Waals surface area contributed by atoms with Crippen LogP contribution in [0.5, 0.6) is 17.2 Å². The van der Waals surface area contributed by atoms with E-state index in [1.807, 2.05) is 54.6 Å². The maximum Gasteiger partial charge on any atom is 0.174 e. The standard InChI is InChI=1S/C29H29ClN4O3S/c1-17-14-21(18(2)33(17)23-15-19(30)9-11-25(23)36-4)28-27(22-8-6-7-13-31-22)32-29(38)34(28)24-16-20(35-3)10-12-26(24)37-5/h6-16,27-28H,1-5H3,(H,32,38)/t27-,28-/m0/s1. The zero-order chi connectivity index (χ0) is 27.0. The van der Waals surface area contributed by atoms with Crippen LogP contribution >= 0.6 is 23.8 Å². The summed E-state index contributed by atoms with van der Waals surface area (Å²) in [5, 5.41) is 4.73. The number of ether oxygens (including phenoxy) is 3. The smallest absolute Gasteiger partial charge is 0.174 e. The van der Waals surface area contributed by atoms with Crippen molar-refractivity contribution < 1.29 is 14.2 Å². The third kappa shape index (κ3) is 4.44. The summed E-state index contributed by atoms with van der Waals surface area (Å²) < 4.78 is 19.2. The van der Waals surface area contributed by atoms with Crippen LogP contribution < -0.4 is 24.4 Å². The van der Waals surface area contributed by atoms with E-state index in [0.717, 1.165) is 39.8 Å². The van der Waals surface area contributed by atoms with Gasteiger partial charge in [0.1, 0.15) is 17.2 Å². The second kappa shape index (κ2) is 10.6. The Bertz CT molecular complexity index is 1490. The van der Waals surface area contributed by atoms with E-state index >= 15 is 0 Å². The third-order valence-electron chi connectivity index (χ3n) is 6.91. The molecule has 0 amide bonds. The van der Waals surface area contributed by atoms with Crippen molar-refractivity contribution in [2.24, 2.45) is 0 Å². The number of nitrogens with one attached hydrogen (secondary N) is 1. The molecule has 1 aliphatic heterocycles. The molecule has 1 N–H and O–H groups in total. The highest BCUT2D eigenvalue weighted by Crippen LogP contribution is 2.47. The molecule has 0 saturated carbocycles. The minimum Gasteiger partial charge on any atom is -0.497 e. The second-order valence-corrected chi connectivity index (χ2v) is 9.84. The Hall–Kier alpha value is -3.75. The van der Waals surface area contributed by atoms with Crippen LogP contribution in [0.4, 0.5) is 5.69 Å². The Morgan fingerprint density at radius 2 is 1.63 bits per heavy atom. The topological polar surface area (TPSA) is 60.8 Å². The van der Waals surface area contributed by atoms with E-state index in [1.165, 1.54) is 0 Å². The summed E-state index contributed by atoms with van der Waals surface area (Å²) in [5.74, 6) is 2.13. The monoisotopic (exact) mass is 548 g/mol. The number of aromatic nitrogens is 2. The van der Waals surface area contributed by atoms with Gasteiger partial charge in [-0.25, -0.2) is 0 Å². The van der Waals surface area contributed by atoms with Gasteiger partial charge < -0.3 is 29.0 Å². The molecule has 1 aliphatic rings. The number of thiocarbonyl (C=S) groups is 1. The number of halogens is 1. The molecule has 9 heteroatoms. The average molecular weight is 549 g/mol. The van der Waals surface area contributed by atoms with E-state index in [2.05, 4.69) is 39.7 Å². The zero-order valence-corrected chi connectivity index (χ0v) is 23.4. The molecule has 0 bridgehead atoms. The minimum absolute atomic E-state index is 0.213. The maximum absolute atomic E-state index is 6.41. The molecule has 0 aliphatic carbocycles. The summed E-state index contributed by atoms with van der Waals surface area (Å²) in [6, 6.07) is 19.0. The van der Waals surface area contributed by atoms with Gasteiger partial charge in [-0.2, -0.15) is 0 Å². The van der Waals surface area contributed by atoms with Gasteiger partial charge in [0.05, 0.1) is 50.5 Å². The fourth-order valence-corrected chi connectivity index (χ4v) is 5.72. The van der Waals surface area contributed by atoms with Gasteiger partial charge in [0, 0.05) is 28.7 Å². The van der Waals surface area contributed by atoms with E-state index in [-0.39, 0.29) is 12.1 Å². The SMILES string of the molecule is COc1ccc(OC)c(N2C(=S)N[C@@H](c3ccccn3)[C@@H]2c2cc(C)n(-c3cc(Cl)ccc3OC)c2C)c1. The van der Waals surface area contributed by atoms with Crippen molar-refractivity contribution in [1.29, 1.82) is 0 Å². The third-order valence-corrected chi connectivity index (χ3v) is 7.46. The maximum atomic E-state index is 6.41. The Morgan fingerprint density at radius 3 is 2.32 bits per heavy atom. The summed E-state index contributed by atoms with van der Waals surface area (Å²) in [6.07, 6.45) is 1.80. The molecule has 0 spiro atoms. The number of nitrogens with zero attached hydrogens (tertiary/aromatic N) is 3. The lowest BCUT2D eigenvalue weighted by Crippen LogP contribution is -2.30. The van der Waals surface area contributed by atoms with Gasteiger partial charge in [-0.05, 0) is 80.2 Å². The highest BCUT2D eigenvalue weighted by molar-refractivity contribution is 7.80. The van der Waals surface area contributed by atoms with Crippen molar-refractivity contribution in [3.63, 3.8) is 0 Å². The van der Waals surface area contributed by atoms with Crippen LogP contribution in [0, 0.1) is 13.8 Å². The van der Waals surface area contributed by atoms with Crippen molar-refractivity contribution in [3.8, 4) is 22.9 Å². The van der Waals surface area contributed by atoms with E-state index in [1.54, 1.807) is 27.5 Å². The molecule has 0 radical (unpaired) electrons. The summed E-state index contributed by atoms with van der Waals surface area (Å²) in [5.41, 5.74) is 5.71. The van der Waals surface area contributed by atoms with Gasteiger partial charge in [0.2, 0.25) is 0 Å². The van der Waals surface area contributed by atoms with E-state index in [9.17, 15) is 0 Å². The Morgan fingerprint density at radius 1 is 0.895 bits per heavy atom. The molecule has 1 fully saturated rings. The largest absolute Gasteiger partial charge is 0.497 e. The van der Waals surface area contributed by atoms with Gasteiger partial charge >= 0.3 is 0 Å². The highest BCUT2D eigenvalue weighted by atomic mass is 35.5. The second-order valence-electron chi connectivity index (χ2n) is 9.01. The number of benzene rings is 2. The van der Waals surface area contributed by atoms with Crippen molar-refractivity contribution in [1.82, 2.24) is 14.9 Å². The average Bonchev–Trinajstić information content (AvgIpc) is 3.43. The molecule has 4 aromatic rings. The Labute approximate surface area is 232 Å². The molecule has 5 rings (SSSR count). The lowest BCUT2D eigenvalue weighted by molar-refractivity contribution is 0.403. The Balaban J connectivity index is 1.74. The first-order chi connectivity index (χ1) is 18.4. The molecule has 2 aromatic carbocycles. The number of pyridine rings is 1. The van der Waals surface area contributed by atoms with Gasteiger partial charge in [0.25, 0.3) is 0 Å². The molecule has 7 nitrogen and oxygen atoms in total. The molecular formula is C29H29ClN4O3S. The highest BCUT2D eigenvalue weighted by Gasteiger charge is 2.43. The lowest BCUT2D eigenvalue weighted by atomic mass is 9.96. The van der Waals surface area contributed by atoms with Crippen LogP contribution in [0.15, 0.2) is 66.9 Å². The lowest BCUT2D eigenvalue weighted by Gasteiger charge is -2.29. The first-order valence-corrected chi connectivity index (χ1v) is 12.9. The zero-order valence-electron chi connectivity index (χ0n) is 21.9. The Kier molecular flexibility index (Phi) is 7.19. The predicted molar refractivity (Wildman–Crippen MR) is 154 cm³/mol. The summed E-state index contributed by atoms with van der Waals surface area (Å²) in [7, 11) is 4.96. The molecule has 38 heavy (non-hydrogen) atoms. The number of hydrogen-bond donors (Lipinski definition) is 1. The first-order valence-electron chi connectivity index (χ1n) is 12.1. The predicted octanol–water partition coefficient (Wildman–Crippen LogP) is 6.35. The summed E-state index contributed by atoms with van der Waals surface area (Å²) >= 11 is 12.4. The normalized spacial score (nSPS) is 16.9. The molecule has 2 atom stereocenters. The molecular weight excluding hydrogens is 520 g/mol. The number of anilines is 1. The number of methoxy groups -OCH3 is 3. The van der Waals surface area contributed by atoms with Crippen molar-refractivity contribution in [2.45, 2.75) is 25.9 Å². The number of rotatable bonds is 7. The van der Waals surface area contributed by atoms with E-state index < -0.39 is 0 Å². The van der Waals surface area contributed by atoms with Crippen molar-refractivity contribution in [2.75, 3.05) is 26.2 Å². The van der Waals surface area contributed by atoms with E-state index in [0.29, 0.717) is 21.6 Å². The van der Waals surface area contributed by atoms with Gasteiger partial charge in [0.15, 0.2) is 5.11 Å². The van der Waals surface area contributed by atoms with E-state index in [4.69, 9.17) is 38.0 Å². The van der Waals surface area contributed by atoms with Crippen molar-refractivity contribution >= 4 is 34.6 Å². The molecule has 3 heterocycles. The number of aryl methyl sites for hydroxylation is 1. The fraction of sp³-hybridized carbons (Fsp3) is 0.241. The number of hydrogen-bond acceptors (Lipinski definition) is 5. The van der Waals surface area contributed by atoms with Crippen LogP contribution in [0.25, 0.3) is 5.69 Å². The van der Waals surface area contributed by atoms with Crippen LogP contribution in [-0.4, -0.2) is 36.0 Å². The quantitative estimate of drug-likeness (QED) is 0.270. The fourth-order valence-electron chi connectivity index (χ4n) is 5.21. The molecule has 0 unspecified atom stereocenters. The minimum atomic E-state index is -0.233. The van der Waals surface area contributed by atoms with Crippen LogP contribution in [0.3, 0.4) is 0 Å². The van der Waals surface area contributed by atoms with Crippen LogP contribution in [0.2, 0.25) is 5.02 Å². The molecule has 2 aromatic heterocycles.